The number of nitrogens with zero attached hydrogens (tertiary/aromatic N) is 2. The lowest BCUT2D eigenvalue weighted by Gasteiger charge is -2.31. The maximum absolute atomic E-state index is 4.70. The first-order valence-electron chi connectivity index (χ1n) is 7.74. The van der Waals surface area contributed by atoms with Crippen LogP contribution in [0.4, 0.5) is 5.82 Å². The third kappa shape index (κ3) is 4.50. The minimum absolute atomic E-state index is 0.932. The van der Waals surface area contributed by atoms with Gasteiger partial charge in [-0.1, -0.05) is 26.3 Å². The molecule has 0 spiro atoms. The Bertz CT molecular complexity index is 374. The minimum Gasteiger partial charge on any atom is -0.370 e. The summed E-state index contributed by atoms with van der Waals surface area (Å²) in [6, 6.07) is 6.31. The molecular formula is C16H27N3. The summed E-state index contributed by atoms with van der Waals surface area (Å²) in [6.07, 6.45) is 5.40. The van der Waals surface area contributed by atoms with Gasteiger partial charge < -0.3 is 5.32 Å². The van der Waals surface area contributed by atoms with Crippen LogP contribution in [0.5, 0.6) is 0 Å². The summed E-state index contributed by atoms with van der Waals surface area (Å²) in [6.45, 7) is 8.76. The summed E-state index contributed by atoms with van der Waals surface area (Å²) in [4.78, 5) is 7.22. The number of pyridine rings is 1. The van der Waals surface area contributed by atoms with Crippen LogP contribution in [-0.2, 0) is 6.54 Å². The summed E-state index contributed by atoms with van der Waals surface area (Å²) < 4.78 is 0. The summed E-state index contributed by atoms with van der Waals surface area (Å²) in [5.41, 5.74) is 1.18. The van der Waals surface area contributed by atoms with Crippen molar-refractivity contribution in [2.75, 3.05) is 25.0 Å². The van der Waals surface area contributed by atoms with Crippen molar-refractivity contribution in [3.8, 4) is 0 Å². The SMILES string of the molecule is CCCNc1cccc(CN(CC)CC2CCC2)n1. The fourth-order valence-electron chi connectivity index (χ4n) is 2.49. The number of hydrogen-bond donors (Lipinski definition) is 1. The summed E-state index contributed by atoms with van der Waals surface area (Å²) in [5, 5.41) is 3.36. The molecule has 1 heterocycles. The first kappa shape index (κ1) is 14.3. The maximum atomic E-state index is 4.70. The maximum Gasteiger partial charge on any atom is 0.126 e. The highest BCUT2D eigenvalue weighted by Crippen LogP contribution is 2.27. The van der Waals surface area contributed by atoms with Crippen LogP contribution < -0.4 is 5.32 Å². The van der Waals surface area contributed by atoms with Crippen LogP contribution >= 0.6 is 0 Å². The number of aromatic nitrogens is 1. The molecule has 0 saturated heterocycles. The van der Waals surface area contributed by atoms with Crippen molar-refractivity contribution in [1.29, 1.82) is 0 Å². The molecule has 1 aliphatic rings. The van der Waals surface area contributed by atoms with Crippen LogP contribution in [0.2, 0.25) is 0 Å². The second-order valence-electron chi connectivity index (χ2n) is 5.57. The van der Waals surface area contributed by atoms with E-state index in [-0.39, 0.29) is 0 Å². The van der Waals surface area contributed by atoms with E-state index in [0.29, 0.717) is 0 Å². The van der Waals surface area contributed by atoms with E-state index < -0.39 is 0 Å². The lowest BCUT2D eigenvalue weighted by Crippen LogP contribution is -2.32. The molecule has 0 atom stereocenters. The Kier molecular flexibility index (Phi) is 5.64. The molecule has 0 aliphatic heterocycles. The van der Waals surface area contributed by atoms with Gasteiger partial charge in [0, 0.05) is 19.6 Å². The van der Waals surface area contributed by atoms with E-state index in [4.69, 9.17) is 4.98 Å². The molecule has 106 valence electrons. The Morgan fingerprint density at radius 3 is 2.79 bits per heavy atom. The van der Waals surface area contributed by atoms with E-state index in [1.807, 2.05) is 0 Å². The number of anilines is 1. The van der Waals surface area contributed by atoms with Crippen molar-refractivity contribution in [2.45, 2.75) is 46.1 Å². The van der Waals surface area contributed by atoms with Gasteiger partial charge in [-0.2, -0.15) is 0 Å². The molecule has 1 aromatic rings. The average molecular weight is 261 g/mol. The predicted molar refractivity (Wildman–Crippen MR) is 81.3 cm³/mol. The molecule has 3 heteroatoms. The molecule has 1 aliphatic carbocycles. The van der Waals surface area contributed by atoms with Gasteiger partial charge in [-0.05, 0) is 43.9 Å². The van der Waals surface area contributed by atoms with Crippen LogP contribution in [-0.4, -0.2) is 29.5 Å². The van der Waals surface area contributed by atoms with Gasteiger partial charge >= 0.3 is 0 Å². The molecule has 3 nitrogen and oxygen atoms in total. The molecule has 1 saturated carbocycles. The summed E-state index contributed by atoms with van der Waals surface area (Å²) >= 11 is 0. The van der Waals surface area contributed by atoms with Gasteiger partial charge in [-0.15, -0.1) is 0 Å². The molecule has 0 unspecified atom stereocenters. The molecule has 1 N–H and O–H groups in total. The van der Waals surface area contributed by atoms with Gasteiger partial charge in [-0.25, -0.2) is 4.98 Å². The highest BCUT2D eigenvalue weighted by Gasteiger charge is 2.20. The van der Waals surface area contributed by atoms with E-state index >= 15 is 0 Å². The molecule has 0 amide bonds. The molecule has 1 aromatic heterocycles. The molecule has 19 heavy (non-hydrogen) atoms. The van der Waals surface area contributed by atoms with Gasteiger partial charge in [-0.3, -0.25) is 4.90 Å². The van der Waals surface area contributed by atoms with E-state index in [9.17, 15) is 0 Å². The fraction of sp³-hybridized carbons (Fsp3) is 0.688. The Labute approximate surface area is 117 Å². The normalized spacial score (nSPS) is 15.5. The van der Waals surface area contributed by atoms with Gasteiger partial charge in [0.15, 0.2) is 0 Å². The predicted octanol–water partition coefficient (Wildman–Crippen LogP) is 3.53. The fourth-order valence-corrected chi connectivity index (χ4v) is 2.49. The highest BCUT2D eigenvalue weighted by molar-refractivity contribution is 5.35. The zero-order valence-corrected chi connectivity index (χ0v) is 12.4. The Morgan fingerprint density at radius 2 is 2.16 bits per heavy atom. The largest absolute Gasteiger partial charge is 0.370 e. The average Bonchev–Trinajstić information content (AvgIpc) is 2.39. The molecule has 2 rings (SSSR count). The quantitative estimate of drug-likeness (QED) is 0.776. The van der Waals surface area contributed by atoms with Crippen LogP contribution in [0, 0.1) is 5.92 Å². The van der Waals surface area contributed by atoms with Gasteiger partial charge in [0.1, 0.15) is 5.82 Å². The Morgan fingerprint density at radius 1 is 1.32 bits per heavy atom. The van der Waals surface area contributed by atoms with Crippen LogP contribution in [0.25, 0.3) is 0 Å². The monoisotopic (exact) mass is 261 g/mol. The van der Waals surface area contributed by atoms with Gasteiger partial charge in [0.05, 0.1) is 5.69 Å². The number of hydrogen-bond acceptors (Lipinski definition) is 3. The van der Waals surface area contributed by atoms with E-state index in [0.717, 1.165) is 37.8 Å². The Balaban J connectivity index is 1.88. The van der Waals surface area contributed by atoms with Crippen LogP contribution in [0.15, 0.2) is 18.2 Å². The summed E-state index contributed by atoms with van der Waals surface area (Å²) in [7, 11) is 0. The summed E-state index contributed by atoms with van der Waals surface area (Å²) in [5.74, 6) is 1.94. The molecule has 1 fully saturated rings. The molecular weight excluding hydrogens is 234 g/mol. The highest BCUT2D eigenvalue weighted by atomic mass is 15.1. The van der Waals surface area contributed by atoms with E-state index in [2.05, 4.69) is 42.3 Å². The zero-order chi connectivity index (χ0) is 13.5. The van der Waals surface area contributed by atoms with Gasteiger partial charge in [0.25, 0.3) is 0 Å². The zero-order valence-electron chi connectivity index (χ0n) is 12.4. The third-order valence-corrected chi connectivity index (χ3v) is 3.94. The minimum atomic E-state index is 0.932. The standard InChI is InChI=1S/C16H27N3/c1-3-11-17-16-10-6-9-15(18-16)13-19(4-2)12-14-7-5-8-14/h6,9-10,14H,3-5,7-8,11-13H2,1-2H3,(H,17,18). The second-order valence-corrected chi connectivity index (χ2v) is 5.57. The topological polar surface area (TPSA) is 28.2 Å². The molecule has 0 aromatic carbocycles. The second kappa shape index (κ2) is 7.49. The van der Waals surface area contributed by atoms with Crippen molar-refractivity contribution >= 4 is 5.82 Å². The van der Waals surface area contributed by atoms with Crippen LogP contribution in [0.3, 0.4) is 0 Å². The smallest absolute Gasteiger partial charge is 0.126 e. The van der Waals surface area contributed by atoms with Gasteiger partial charge in [0.2, 0.25) is 0 Å². The third-order valence-electron chi connectivity index (χ3n) is 3.94. The van der Waals surface area contributed by atoms with Crippen LogP contribution in [0.1, 0.15) is 45.2 Å². The number of rotatable bonds is 8. The molecule has 0 radical (unpaired) electrons. The van der Waals surface area contributed by atoms with Crippen molar-refractivity contribution in [1.82, 2.24) is 9.88 Å². The van der Waals surface area contributed by atoms with Crippen molar-refractivity contribution < 1.29 is 0 Å². The van der Waals surface area contributed by atoms with Crippen molar-refractivity contribution in [3.63, 3.8) is 0 Å². The van der Waals surface area contributed by atoms with E-state index in [1.54, 1.807) is 0 Å². The molecule has 0 bridgehead atoms. The van der Waals surface area contributed by atoms with Crippen molar-refractivity contribution in [3.05, 3.63) is 23.9 Å². The van der Waals surface area contributed by atoms with E-state index in [1.165, 1.54) is 31.5 Å². The lowest BCUT2D eigenvalue weighted by atomic mass is 9.85. The first-order valence-corrected chi connectivity index (χ1v) is 7.74. The lowest BCUT2D eigenvalue weighted by molar-refractivity contribution is 0.177. The van der Waals surface area contributed by atoms with Crippen molar-refractivity contribution in [2.24, 2.45) is 5.92 Å². The Hall–Kier alpha value is -1.09. The number of nitrogens with one attached hydrogen (secondary N) is 1. The first-order chi connectivity index (χ1) is 9.31.